The van der Waals surface area contributed by atoms with E-state index in [9.17, 15) is 63.2 Å². The van der Waals surface area contributed by atoms with Crippen molar-refractivity contribution in [3.05, 3.63) is 130 Å². The Bertz CT molecular complexity index is 3630. The predicted molar refractivity (Wildman–Crippen MR) is 341 cm³/mol. The minimum absolute atomic E-state index is 0. The highest BCUT2D eigenvalue weighted by Gasteiger charge is 2.51. The van der Waals surface area contributed by atoms with Gasteiger partial charge >= 0.3 is 22.8 Å². The fourth-order valence-corrected chi connectivity index (χ4v) is 12.8. The molecule has 91 heavy (non-hydrogen) atoms. The van der Waals surface area contributed by atoms with Crippen LogP contribution in [-0.2, 0) is 40.9 Å². The Morgan fingerprint density at radius 1 is 0.560 bits per heavy atom. The Balaban J connectivity index is 0.000000318. The standard InChI is InChI=1S/C20H32N2O4Si.C17H30N2O4Si.C12H14N2O6.C9H12N2O6.CH3F.CH4/c1-9-11-22-12-14(18(23)21-19(22)24)17-16(13(3)15(10-2)25-17)26-27(7,8)20(4,5)6;1-8-12-10(2)13(23-24(6,7)17(3,4)5)14(22-12)11-9-18-16(21)19-15(11)20;1-2-3-14-4-6(11(18)13-12(14)19)10-9(17)8(16)7(5-15)20-10;12-2-4-5(13)6(14)7(17-4)3-1-10-9(16)11-8(3)15;1-2;/h1,12-13,15-17H,10-11H2,2-8H3,(H,21,23,24);9-10,12-14H,8H2,1-7H3,(H2,18,19,20,21);1,4,7-10,15-17H,3,5H2,(H,13,18,19);1,4-7,12-14H,2H2,(H2,10,11,15,16);1H3;1H4/t13?,15-,16+,17+;10?,12-,13+,14+;7-,8?,9+,10+;4-,5?,6+,7+;;/m1111../s1/i;;;;1D;. The number of nitrogens with one attached hydrogen (secondary N) is 6. The van der Waals surface area contributed by atoms with E-state index >= 15 is 0 Å². The first-order valence-electron chi connectivity index (χ1n) is 30.0. The van der Waals surface area contributed by atoms with Gasteiger partial charge in [-0.25, -0.2) is 19.2 Å². The number of nitrogens with zero attached hydrogens (tertiary/aromatic N) is 2. The number of terminal acetylenes is 2. The summed E-state index contributed by atoms with van der Waals surface area (Å²) in [6.07, 6.45) is 6.54. The lowest BCUT2D eigenvalue weighted by Gasteiger charge is -2.40. The molecule has 28 nitrogen and oxygen atoms in total. The molecule has 4 aliphatic rings. The quantitative estimate of drug-likeness (QED) is 0.0632. The highest BCUT2D eigenvalue weighted by Crippen LogP contribution is 2.47. The van der Waals surface area contributed by atoms with Gasteiger partial charge in [-0.2, -0.15) is 0 Å². The molecule has 4 saturated heterocycles. The lowest BCUT2D eigenvalue weighted by atomic mass is 9.95. The van der Waals surface area contributed by atoms with Crippen molar-refractivity contribution in [3.8, 4) is 24.7 Å². The summed E-state index contributed by atoms with van der Waals surface area (Å²) in [5.41, 5.74) is -3.88. The molecule has 510 valence electrons. The number of alkyl halides is 1. The van der Waals surface area contributed by atoms with Gasteiger partial charge in [0, 0.05) is 36.6 Å². The molecule has 4 aromatic heterocycles. The third-order valence-electron chi connectivity index (χ3n) is 17.3. The van der Waals surface area contributed by atoms with Crippen LogP contribution in [0.25, 0.3) is 0 Å². The van der Waals surface area contributed by atoms with Gasteiger partial charge in [0.2, 0.25) is 0 Å². The van der Waals surface area contributed by atoms with Gasteiger partial charge in [-0.3, -0.25) is 52.6 Å². The second-order valence-corrected chi connectivity index (χ2v) is 34.8. The summed E-state index contributed by atoms with van der Waals surface area (Å²) in [6.45, 7) is 29.4. The number of aliphatic hydroxyl groups excluding tert-OH is 6. The largest absolute Gasteiger partial charge is 0.411 e. The first kappa shape index (κ1) is 77.2. The van der Waals surface area contributed by atoms with E-state index in [1.54, 1.807) is 0 Å². The molecule has 8 heterocycles. The molecular formula is C60H95FN8O20Si2. The summed E-state index contributed by atoms with van der Waals surface area (Å²) in [5, 5.41) is 56.7. The van der Waals surface area contributed by atoms with Crippen molar-refractivity contribution in [3.63, 3.8) is 0 Å². The van der Waals surface area contributed by atoms with Crippen molar-refractivity contribution in [2.75, 3.05) is 20.4 Å². The van der Waals surface area contributed by atoms with E-state index in [4.69, 9.17) is 52.2 Å². The second kappa shape index (κ2) is 33.0. The topological polar surface area (TPSA) is 418 Å². The number of hydrogen-bond acceptors (Lipinski definition) is 20. The Kier molecular flexibility index (Phi) is 28.0. The minimum Gasteiger partial charge on any atom is -0.411 e. The number of ether oxygens (including phenoxy) is 4. The normalized spacial score (nSPS) is 28.0. The van der Waals surface area contributed by atoms with E-state index in [0.717, 1.165) is 23.6 Å². The number of halogens is 1. The Morgan fingerprint density at radius 3 is 1.15 bits per heavy atom. The smallest absolute Gasteiger partial charge is 0.329 e. The Labute approximate surface area is 529 Å². The SMILES string of the molecule is C.C#CCn1cc([C@@H]2O[C@H](CC)C(C)[C@@H]2O[Si](C)(C)C(C)(C)C)c(=O)[nH]c1=O.C#CCn1cc([C@@H]2O[C@H](CO)C(O)[C@@H]2O)c(=O)[nH]c1=O.CC[C@H]1O[C@@H](c2c[nH]c(=O)[nH]c2=O)[C@@H](O[Si](C)(C)C(C)(C)C)C1C.O=c1[nH]cc([C@@H]2O[C@H](CO)C(O)[C@@H]2O)c(=O)[nH]1.[2H]CF. The summed E-state index contributed by atoms with van der Waals surface area (Å²) < 4.78 is 54.0. The molecule has 0 radical (unpaired) electrons. The van der Waals surface area contributed by atoms with Crippen LogP contribution in [0.4, 0.5) is 4.39 Å². The molecule has 8 rings (SSSR count). The number of aliphatic hydroxyl groups is 6. The summed E-state index contributed by atoms with van der Waals surface area (Å²) in [5.74, 6) is 5.01. The van der Waals surface area contributed by atoms with Gasteiger partial charge in [-0.1, -0.05) is 88.5 Å². The first-order chi connectivity index (χ1) is 42.3. The molecule has 12 N–H and O–H groups in total. The van der Waals surface area contributed by atoms with E-state index in [1.807, 2.05) is 4.98 Å². The highest BCUT2D eigenvalue weighted by atomic mass is 28.4. The summed E-state index contributed by atoms with van der Waals surface area (Å²) in [7, 11) is -5.10. The molecule has 0 spiro atoms. The molecule has 4 aromatic rings. The average molecular weight is 1320 g/mol. The van der Waals surface area contributed by atoms with Crippen LogP contribution in [0, 0.1) is 36.5 Å². The zero-order chi connectivity index (χ0) is 69.0. The zero-order valence-electron chi connectivity index (χ0n) is 54.3. The number of rotatable bonds is 14. The van der Waals surface area contributed by atoms with Crippen LogP contribution in [0.1, 0.15) is 138 Å². The van der Waals surface area contributed by atoms with Gasteiger partial charge < -0.3 is 68.4 Å². The van der Waals surface area contributed by atoms with Crippen molar-refractivity contribution >= 4 is 16.6 Å². The molecule has 4 unspecified atom stereocenters. The third-order valence-corrected chi connectivity index (χ3v) is 26.3. The number of aromatic nitrogens is 8. The summed E-state index contributed by atoms with van der Waals surface area (Å²) in [4.78, 5) is 107. The lowest BCUT2D eigenvalue weighted by molar-refractivity contribution is -0.0233. The molecule has 16 atom stereocenters. The third kappa shape index (κ3) is 18.5. The Hall–Kier alpha value is -6.28. The Morgan fingerprint density at radius 2 is 0.857 bits per heavy atom. The van der Waals surface area contributed by atoms with Gasteiger partial charge in [0.05, 0.1) is 81.5 Å². The number of aromatic amines is 6. The van der Waals surface area contributed by atoms with Crippen molar-refractivity contribution in [2.24, 2.45) is 11.8 Å². The van der Waals surface area contributed by atoms with Crippen LogP contribution >= 0.6 is 0 Å². The van der Waals surface area contributed by atoms with Crippen molar-refractivity contribution < 1.29 is 64.2 Å². The molecule has 0 saturated carbocycles. The second-order valence-electron chi connectivity index (χ2n) is 25.3. The van der Waals surface area contributed by atoms with Crippen LogP contribution in [0.5, 0.6) is 0 Å². The maximum absolute atomic E-state index is 12.5. The molecule has 31 heteroatoms. The van der Waals surface area contributed by atoms with Gasteiger partial charge in [0.25, 0.3) is 22.2 Å². The molecule has 0 amide bonds. The van der Waals surface area contributed by atoms with Crippen LogP contribution in [0.2, 0.25) is 36.3 Å². The predicted octanol–water partition coefficient (Wildman–Crippen LogP) is 1.75. The van der Waals surface area contributed by atoms with Crippen molar-refractivity contribution in [1.29, 1.82) is 0 Å². The minimum atomic E-state index is -2.08. The van der Waals surface area contributed by atoms with Gasteiger partial charge in [-0.05, 0) is 49.1 Å². The van der Waals surface area contributed by atoms with Crippen LogP contribution in [-0.4, -0.2) is 168 Å². The van der Waals surface area contributed by atoms with Gasteiger partial charge in [-0.15, -0.1) is 12.8 Å². The zero-order valence-corrected chi connectivity index (χ0v) is 55.3. The number of hydrogen-bond donors (Lipinski definition) is 12. The fraction of sp³-hybridized carbons (Fsp3) is 0.667. The molecule has 0 bridgehead atoms. The molecule has 0 aliphatic carbocycles. The maximum atomic E-state index is 12.5. The van der Waals surface area contributed by atoms with E-state index < -0.39 is 143 Å². The van der Waals surface area contributed by atoms with Gasteiger partial charge in [0.1, 0.15) is 61.0 Å². The average Bonchev–Trinajstić information content (AvgIpc) is 1.60. The van der Waals surface area contributed by atoms with Crippen molar-refractivity contribution in [1.82, 2.24) is 39.0 Å². The first-order valence-corrected chi connectivity index (χ1v) is 35.1. The van der Waals surface area contributed by atoms with E-state index in [1.165, 1.54) is 23.2 Å². The van der Waals surface area contributed by atoms with Crippen LogP contribution < -0.4 is 45.0 Å². The molecule has 0 aromatic carbocycles. The van der Waals surface area contributed by atoms with E-state index in [-0.39, 0.29) is 78.0 Å². The maximum Gasteiger partial charge on any atom is 0.329 e. The highest BCUT2D eigenvalue weighted by molar-refractivity contribution is 6.74. The number of H-pyrrole nitrogens is 6. The lowest BCUT2D eigenvalue weighted by Crippen LogP contribution is -2.46. The fourth-order valence-electron chi connectivity index (χ4n) is 10.0. The molecule has 4 fully saturated rings. The van der Waals surface area contributed by atoms with Crippen LogP contribution in [0.3, 0.4) is 0 Å². The summed E-state index contributed by atoms with van der Waals surface area (Å²) >= 11 is 0. The van der Waals surface area contributed by atoms with E-state index in [2.05, 4.69) is 132 Å². The summed E-state index contributed by atoms with van der Waals surface area (Å²) in [6, 6.07) is 0. The van der Waals surface area contributed by atoms with Gasteiger partial charge in [0.15, 0.2) is 16.6 Å². The van der Waals surface area contributed by atoms with E-state index in [0.29, 0.717) is 11.1 Å². The molecular weight excluding hydrogens is 1230 g/mol. The monoisotopic (exact) mass is 1320 g/mol. The molecule has 4 aliphatic heterocycles. The van der Waals surface area contributed by atoms with Crippen LogP contribution in [0.15, 0.2) is 63.1 Å². The van der Waals surface area contributed by atoms with Crippen molar-refractivity contribution in [2.45, 2.75) is 224 Å².